The fraction of sp³-hybridized carbons (Fsp3) is 0.250. The summed E-state index contributed by atoms with van der Waals surface area (Å²) in [4.78, 5) is 15.9. The van der Waals surface area contributed by atoms with E-state index in [-0.39, 0.29) is 12.1 Å². The molecule has 0 amide bonds. The molecule has 2 rings (SSSR count). The third kappa shape index (κ3) is 2.65. The smallest absolute Gasteiger partial charge is 0.267 e. The monoisotopic (exact) mass is 247 g/mol. The maximum Gasteiger partial charge on any atom is 0.267 e. The summed E-state index contributed by atoms with van der Waals surface area (Å²) in [6.07, 6.45) is 0. The molecule has 94 valence electrons. The van der Waals surface area contributed by atoms with E-state index in [1.807, 2.05) is 6.07 Å². The lowest BCUT2D eigenvalue weighted by Crippen LogP contribution is -2.23. The highest BCUT2D eigenvalue weighted by atomic mass is 16.5. The lowest BCUT2D eigenvalue weighted by molar-refractivity contribution is 0.377. The summed E-state index contributed by atoms with van der Waals surface area (Å²) in [5, 5.41) is 4.04. The van der Waals surface area contributed by atoms with Crippen LogP contribution in [0.5, 0.6) is 11.8 Å². The normalized spacial score (nSPS) is 10.1. The number of hydrogen-bond donors (Lipinski definition) is 0. The molecule has 2 aromatic heterocycles. The second-order valence-electron chi connectivity index (χ2n) is 3.54. The van der Waals surface area contributed by atoms with Crippen LogP contribution >= 0.6 is 0 Å². The first kappa shape index (κ1) is 12.1. The molecule has 0 saturated heterocycles. The summed E-state index contributed by atoms with van der Waals surface area (Å²) >= 11 is 0. The van der Waals surface area contributed by atoms with E-state index < -0.39 is 0 Å². The van der Waals surface area contributed by atoms with E-state index in [2.05, 4.69) is 10.1 Å². The third-order valence-corrected chi connectivity index (χ3v) is 2.35. The van der Waals surface area contributed by atoms with Gasteiger partial charge in [0.1, 0.15) is 0 Å². The van der Waals surface area contributed by atoms with Crippen LogP contribution in [0.2, 0.25) is 0 Å². The summed E-state index contributed by atoms with van der Waals surface area (Å²) in [6.45, 7) is 0.271. The van der Waals surface area contributed by atoms with Gasteiger partial charge in [-0.05, 0) is 6.07 Å². The number of rotatable bonds is 4. The highest BCUT2D eigenvalue weighted by Crippen LogP contribution is 2.07. The Morgan fingerprint density at radius 3 is 2.61 bits per heavy atom. The summed E-state index contributed by atoms with van der Waals surface area (Å²) in [7, 11) is 3.04. The van der Waals surface area contributed by atoms with E-state index in [9.17, 15) is 4.79 Å². The van der Waals surface area contributed by atoms with Crippen molar-refractivity contribution in [1.82, 2.24) is 14.8 Å². The van der Waals surface area contributed by atoms with Gasteiger partial charge in [0.05, 0.1) is 26.5 Å². The van der Waals surface area contributed by atoms with E-state index >= 15 is 0 Å². The van der Waals surface area contributed by atoms with E-state index in [1.54, 1.807) is 19.2 Å². The molecule has 0 spiro atoms. The lowest BCUT2D eigenvalue weighted by atomic mass is 10.3. The number of aromatic nitrogens is 3. The standard InChI is InChI=1S/C12H13N3O3/c1-17-10-5-3-4-9(13-10)8-15-12(16)7-6-11(14-15)18-2/h3-7H,8H2,1-2H3. The summed E-state index contributed by atoms with van der Waals surface area (Å²) in [6, 6.07) is 8.29. The van der Waals surface area contributed by atoms with Crippen LogP contribution in [0, 0.1) is 0 Å². The first-order valence-electron chi connectivity index (χ1n) is 5.35. The van der Waals surface area contributed by atoms with E-state index in [4.69, 9.17) is 9.47 Å². The van der Waals surface area contributed by atoms with Gasteiger partial charge in [-0.25, -0.2) is 9.67 Å². The first-order chi connectivity index (χ1) is 8.72. The highest BCUT2D eigenvalue weighted by Gasteiger charge is 2.04. The average molecular weight is 247 g/mol. The molecule has 0 radical (unpaired) electrons. The van der Waals surface area contributed by atoms with Crippen LogP contribution in [-0.2, 0) is 6.54 Å². The van der Waals surface area contributed by atoms with E-state index in [1.165, 1.54) is 23.9 Å². The maximum absolute atomic E-state index is 11.6. The van der Waals surface area contributed by atoms with Crippen molar-refractivity contribution in [2.45, 2.75) is 6.54 Å². The Kier molecular flexibility index (Phi) is 3.57. The Balaban J connectivity index is 2.30. The lowest BCUT2D eigenvalue weighted by Gasteiger charge is -2.06. The molecule has 0 bridgehead atoms. The largest absolute Gasteiger partial charge is 0.481 e. The number of methoxy groups -OCH3 is 2. The number of nitrogens with zero attached hydrogens (tertiary/aromatic N) is 3. The molecular formula is C12H13N3O3. The Hall–Kier alpha value is -2.37. The minimum atomic E-state index is -0.208. The molecule has 6 nitrogen and oxygen atoms in total. The number of hydrogen-bond acceptors (Lipinski definition) is 5. The Labute approximate surface area is 104 Å². The van der Waals surface area contributed by atoms with Crippen LogP contribution < -0.4 is 15.0 Å². The fourth-order valence-electron chi connectivity index (χ4n) is 1.47. The maximum atomic E-state index is 11.6. The Bertz CT molecular complexity index is 595. The van der Waals surface area contributed by atoms with Gasteiger partial charge in [0.2, 0.25) is 11.8 Å². The predicted octanol–water partition coefficient (Wildman–Crippen LogP) is 0.704. The molecule has 2 heterocycles. The van der Waals surface area contributed by atoms with Gasteiger partial charge in [0, 0.05) is 18.2 Å². The van der Waals surface area contributed by atoms with Gasteiger partial charge in [-0.2, -0.15) is 0 Å². The van der Waals surface area contributed by atoms with Crippen molar-refractivity contribution in [2.75, 3.05) is 14.2 Å². The van der Waals surface area contributed by atoms with Crippen molar-refractivity contribution in [3.05, 3.63) is 46.4 Å². The predicted molar refractivity (Wildman–Crippen MR) is 64.9 cm³/mol. The molecule has 0 fully saturated rings. The quantitative estimate of drug-likeness (QED) is 0.795. The van der Waals surface area contributed by atoms with Crippen molar-refractivity contribution in [1.29, 1.82) is 0 Å². The second kappa shape index (κ2) is 5.31. The molecule has 0 aliphatic rings. The van der Waals surface area contributed by atoms with Crippen molar-refractivity contribution in [3.63, 3.8) is 0 Å². The SMILES string of the molecule is COc1cccc(Cn2nc(OC)ccc2=O)n1. The molecule has 18 heavy (non-hydrogen) atoms. The summed E-state index contributed by atoms with van der Waals surface area (Å²) < 4.78 is 11.3. The summed E-state index contributed by atoms with van der Waals surface area (Å²) in [5.74, 6) is 0.890. The molecule has 6 heteroatoms. The Morgan fingerprint density at radius 1 is 1.11 bits per heavy atom. The number of ether oxygens (including phenoxy) is 2. The second-order valence-corrected chi connectivity index (χ2v) is 3.54. The van der Waals surface area contributed by atoms with Crippen molar-refractivity contribution >= 4 is 0 Å². The van der Waals surface area contributed by atoms with Gasteiger partial charge in [-0.3, -0.25) is 4.79 Å². The molecule has 0 aliphatic heterocycles. The van der Waals surface area contributed by atoms with Crippen LogP contribution in [0.25, 0.3) is 0 Å². The first-order valence-corrected chi connectivity index (χ1v) is 5.35. The molecule has 0 N–H and O–H groups in total. The van der Waals surface area contributed by atoms with Gasteiger partial charge in [0.25, 0.3) is 5.56 Å². The van der Waals surface area contributed by atoms with Crippen LogP contribution in [0.4, 0.5) is 0 Å². The fourth-order valence-corrected chi connectivity index (χ4v) is 1.47. The van der Waals surface area contributed by atoms with Crippen molar-refractivity contribution in [3.8, 4) is 11.8 Å². The van der Waals surface area contributed by atoms with Crippen molar-refractivity contribution in [2.24, 2.45) is 0 Å². The molecular weight excluding hydrogens is 234 g/mol. The molecule has 0 aromatic carbocycles. The topological polar surface area (TPSA) is 66.2 Å². The van der Waals surface area contributed by atoms with Crippen LogP contribution in [0.15, 0.2) is 35.1 Å². The summed E-state index contributed by atoms with van der Waals surface area (Å²) in [5.41, 5.74) is 0.484. The van der Waals surface area contributed by atoms with Crippen LogP contribution in [-0.4, -0.2) is 29.0 Å². The zero-order valence-corrected chi connectivity index (χ0v) is 10.2. The zero-order valence-electron chi connectivity index (χ0n) is 10.2. The van der Waals surface area contributed by atoms with Crippen molar-refractivity contribution < 1.29 is 9.47 Å². The molecule has 0 saturated carbocycles. The van der Waals surface area contributed by atoms with E-state index in [0.29, 0.717) is 17.5 Å². The highest BCUT2D eigenvalue weighted by molar-refractivity contribution is 5.16. The van der Waals surface area contributed by atoms with Gasteiger partial charge in [-0.15, -0.1) is 5.10 Å². The number of pyridine rings is 1. The molecule has 0 atom stereocenters. The van der Waals surface area contributed by atoms with Crippen LogP contribution in [0.1, 0.15) is 5.69 Å². The van der Waals surface area contributed by atoms with Crippen LogP contribution in [0.3, 0.4) is 0 Å². The molecule has 0 aliphatic carbocycles. The van der Waals surface area contributed by atoms with Gasteiger partial charge < -0.3 is 9.47 Å². The minimum Gasteiger partial charge on any atom is -0.481 e. The zero-order chi connectivity index (χ0) is 13.0. The van der Waals surface area contributed by atoms with Gasteiger partial charge >= 0.3 is 0 Å². The minimum absolute atomic E-state index is 0.208. The Morgan fingerprint density at radius 2 is 1.89 bits per heavy atom. The van der Waals surface area contributed by atoms with Gasteiger partial charge in [0.15, 0.2) is 0 Å². The average Bonchev–Trinajstić information content (AvgIpc) is 2.41. The van der Waals surface area contributed by atoms with Gasteiger partial charge in [-0.1, -0.05) is 6.07 Å². The molecule has 0 unspecified atom stereocenters. The molecule has 2 aromatic rings. The third-order valence-electron chi connectivity index (χ3n) is 2.35. The van der Waals surface area contributed by atoms with E-state index in [0.717, 1.165) is 0 Å².